The molecule has 2 aromatic carbocycles. The zero-order chi connectivity index (χ0) is 51.7. The number of hydrogen-bond donors (Lipinski definition) is 3. The normalized spacial score (nSPS) is 18.7. The molecule has 4 aliphatic heterocycles. The lowest BCUT2D eigenvalue weighted by molar-refractivity contribution is -0.111. The smallest absolute Gasteiger partial charge is 0.293 e. The first-order valence-electron chi connectivity index (χ1n) is 25.3. The third kappa shape index (κ3) is 8.60. The van der Waals surface area contributed by atoms with Crippen LogP contribution in [-0.4, -0.2) is 109 Å². The van der Waals surface area contributed by atoms with Crippen molar-refractivity contribution in [2.45, 2.75) is 78.6 Å². The summed E-state index contributed by atoms with van der Waals surface area (Å²) < 4.78 is 3.56. The zero-order valence-corrected chi connectivity index (χ0v) is 42.4. The Morgan fingerprint density at radius 3 is 2.39 bits per heavy atom. The molecule has 1 unspecified atom stereocenters. The van der Waals surface area contributed by atoms with Crippen LogP contribution >= 0.6 is 0 Å². The van der Waals surface area contributed by atoms with Gasteiger partial charge in [0.05, 0.1) is 40.5 Å². The Kier molecular flexibility index (Phi) is 12.3. The molecule has 4 aromatic heterocycles. The number of aryl methyl sites for hydroxylation is 2. The van der Waals surface area contributed by atoms with Crippen LogP contribution in [-0.2, 0) is 37.8 Å². The predicted molar refractivity (Wildman–Crippen MR) is 285 cm³/mol. The summed E-state index contributed by atoms with van der Waals surface area (Å²) in [6.07, 6.45) is 9.73. The van der Waals surface area contributed by atoms with E-state index < -0.39 is 12.2 Å². The SMILES string of the molecule is C=CC(=O)Nc1cc(Nc2nc(-c3ccnc(N4CCn5c(cc6c5CC(C)(C)C6)C4=O)c3CO)cn(C)c2=O)ccc1N1CCN(C2CCN(c3ccc4c(c3)C(=O)N(c3ccnc(C)c3)C4=O)CC2)CC1C. The number of hydrogen-bond acceptors (Lipinski definition) is 13. The standard InChI is InChI=1S/C56H60N12O6/c1-7-49(70)60-44-26-36(59-50-55(74)62(6)31-45(61-50)40-13-17-58-51(43(40)32-69)67-23-22-66-47(54(67)73)25-35-28-56(4,5)29-48(35)66)8-11-46(44)65-21-20-64(30-34(65)3)37-14-18-63(19-15-37)38-9-10-41-42(27-38)53(72)68(52(41)71)39-12-16-57-33(2)24-39/h7-13,16-17,24-27,31,34,37,69H,1,14-15,18-23,28-30,32H2,2-6H3,(H,59,61)(H,60,70). The van der Waals surface area contributed by atoms with Crippen LogP contribution in [0.3, 0.4) is 0 Å². The van der Waals surface area contributed by atoms with E-state index in [2.05, 4.69) is 67.2 Å². The van der Waals surface area contributed by atoms with Gasteiger partial charge >= 0.3 is 0 Å². The van der Waals surface area contributed by atoms with Crippen LogP contribution in [0, 0.1) is 12.3 Å². The molecule has 3 N–H and O–H groups in total. The first-order valence-corrected chi connectivity index (χ1v) is 25.3. The van der Waals surface area contributed by atoms with Crippen molar-refractivity contribution in [1.82, 2.24) is 29.0 Å². The number of pyridine rings is 2. The highest BCUT2D eigenvalue weighted by Gasteiger charge is 2.40. The number of nitrogens with zero attached hydrogens (tertiary/aromatic N) is 10. The summed E-state index contributed by atoms with van der Waals surface area (Å²) in [6, 6.07) is 18.8. The molecule has 4 amide bonds. The molecule has 0 saturated carbocycles. The second-order valence-electron chi connectivity index (χ2n) is 21.0. The molecule has 18 nitrogen and oxygen atoms in total. The number of nitrogens with one attached hydrogen (secondary N) is 2. The highest BCUT2D eigenvalue weighted by atomic mass is 16.3. The van der Waals surface area contributed by atoms with Gasteiger partial charge in [0.15, 0.2) is 5.82 Å². The van der Waals surface area contributed by atoms with Crippen molar-refractivity contribution >= 4 is 63.7 Å². The minimum Gasteiger partial charge on any atom is -0.392 e. The topological polar surface area (TPSA) is 194 Å². The number of carbonyl (C=O) groups is 4. The second kappa shape index (κ2) is 18.8. The molecule has 0 bridgehead atoms. The summed E-state index contributed by atoms with van der Waals surface area (Å²) in [7, 11) is 1.63. The lowest BCUT2D eigenvalue weighted by Gasteiger charge is -2.47. The molecule has 1 aliphatic carbocycles. The number of piperidine rings is 1. The lowest BCUT2D eigenvalue weighted by atomic mass is 9.90. The van der Waals surface area contributed by atoms with Crippen molar-refractivity contribution in [1.29, 1.82) is 0 Å². The monoisotopic (exact) mass is 996 g/mol. The van der Waals surface area contributed by atoms with E-state index in [-0.39, 0.29) is 40.9 Å². The fraction of sp³-hybridized carbons (Fsp3) is 0.357. The maximum atomic E-state index is 14.1. The van der Waals surface area contributed by atoms with Crippen LogP contribution in [0.25, 0.3) is 11.3 Å². The van der Waals surface area contributed by atoms with Crippen molar-refractivity contribution in [3.05, 3.63) is 142 Å². The first-order chi connectivity index (χ1) is 35.6. The molecule has 74 heavy (non-hydrogen) atoms. The summed E-state index contributed by atoms with van der Waals surface area (Å²) in [6.45, 7) is 16.7. The Labute approximate surface area is 428 Å². The lowest BCUT2D eigenvalue weighted by Crippen LogP contribution is -2.57. The number of anilines is 7. The molecule has 0 radical (unpaired) electrons. The van der Waals surface area contributed by atoms with Gasteiger partial charge in [0.2, 0.25) is 5.91 Å². The average molecular weight is 997 g/mol. The molecule has 380 valence electrons. The van der Waals surface area contributed by atoms with E-state index in [1.807, 2.05) is 37.3 Å². The van der Waals surface area contributed by atoms with Gasteiger partial charge in [-0.1, -0.05) is 20.4 Å². The number of aliphatic hydroxyl groups excluding tert-OH is 1. The van der Waals surface area contributed by atoms with Crippen molar-refractivity contribution in [2.75, 3.05) is 69.5 Å². The van der Waals surface area contributed by atoms with Crippen molar-refractivity contribution < 1.29 is 24.3 Å². The Balaban J connectivity index is 0.773. The number of aliphatic hydroxyl groups is 1. The Morgan fingerprint density at radius 1 is 0.851 bits per heavy atom. The number of piperazine rings is 1. The quantitative estimate of drug-likeness (QED) is 0.0945. The van der Waals surface area contributed by atoms with Crippen molar-refractivity contribution in [3.8, 4) is 11.3 Å². The Bertz CT molecular complexity index is 3370. The minimum atomic E-state index is -0.417. The Hall–Kier alpha value is -7.96. The van der Waals surface area contributed by atoms with E-state index in [4.69, 9.17) is 4.98 Å². The van der Waals surface area contributed by atoms with Gasteiger partial charge in [-0.15, -0.1) is 0 Å². The largest absolute Gasteiger partial charge is 0.392 e. The van der Waals surface area contributed by atoms with E-state index in [0.29, 0.717) is 82.2 Å². The number of imide groups is 1. The fourth-order valence-corrected chi connectivity index (χ4v) is 11.8. The van der Waals surface area contributed by atoms with Gasteiger partial charge < -0.3 is 34.7 Å². The van der Waals surface area contributed by atoms with E-state index in [1.54, 1.807) is 60.9 Å². The molecule has 2 fully saturated rings. The third-order valence-corrected chi connectivity index (χ3v) is 15.4. The maximum Gasteiger partial charge on any atom is 0.293 e. The summed E-state index contributed by atoms with van der Waals surface area (Å²) in [5.74, 6) is -0.820. The first kappa shape index (κ1) is 48.3. The minimum absolute atomic E-state index is 0.0286. The average Bonchev–Trinajstić information content (AvgIpc) is 3.99. The molecule has 11 rings (SSSR count). The van der Waals surface area contributed by atoms with Crippen LogP contribution < -0.4 is 35.8 Å². The highest BCUT2D eigenvalue weighted by Crippen LogP contribution is 2.41. The molecule has 8 heterocycles. The molecule has 2 saturated heterocycles. The summed E-state index contributed by atoms with van der Waals surface area (Å²) in [5, 5.41) is 17.1. The van der Waals surface area contributed by atoms with Crippen LogP contribution in [0.5, 0.6) is 0 Å². The molecular weight excluding hydrogens is 937 g/mol. The number of rotatable bonds is 11. The van der Waals surface area contributed by atoms with Gasteiger partial charge in [-0.3, -0.25) is 38.8 Å². The van der Waals surface area contributed by atoms with Gasteiger partial charge in [-0.05, 0) is 117 Å². The van der Waals surface area contributed by atoms with Gasteiger partial charge in [0.1, 0.15) is 11.5 Å². The molecular formula is C56H60N12O6. The molecule has 6 aromatic rings. The predicted octanol–water partition coefficient (Wildman–Crippen LogP) is 6.47. The van der Waals surface area contributed by atoms with E-state index >= 15 is 0 Å². The number of aromatic nitrogens is 5. The highest BCUT2D eigenvalue weighted by molar-refractivity contribution is 6.34. The maximum absolute atomic E-state index is 14.1. The number of benzene rings is 2. The fourth-order valence-electron chi connectivity index (χ4n) is 11.8. The van der Waals surface area contributed by atoms with Gasteiger partial charge in [0.25, 0.3) is 23.3 Å². The van der Waals surface area contributed by atoms with Gasteiger partial charge in [-0.25, -0.2) is 14.9 Å². The summed E-state index contributed by atoms with van der Waals surface area (Å²) in [5.41, 5.74) is 9.05. The molecule has 1 atom stereocenters. The number of amides is 4. The van der Waals surface area contributed by atoms with Crippen LogP contribution in [0.15, 0.2) is 96.7 Å². The third-order valence-electron chi connectivity index (χ3n) is 15.4. The zero-order valence-electron chi connectivity index (χ0n) is 42.4. The second-order valence-corrected chi connectivity index (χ2v) is 21.0. The van der Waals surface area contributed by atoms with E-state index in [0.717, 1.165) is 68.9 Å². The van der Waals surface area contributed by atoms with Crippen LogP contribution in [0.2, 0.25) is 0 Å². The van der Waals surface area contributed by atoms with Crippen molar-refractivity contribution in [3.63, 3.8) is 0 Å². The number of carbonyl (C=O) groups excluding carboxylic acids is 4. The Morgan fingerprint density at radius 2 is 1.64 bits per heavy atom. The van der Waals surface area contributed by atoms with E-state index in [9.17, 15) is 29.1 Å². The van der Waals surface area contributed by atoms with Crippen molar-refractivity contribution in [2.24, 2.45) is 12.5 Å². The summed E-state index contributed by atoms with van der Waals surface area (Å²) >= 11 is 0. The summed E-state index contributed by atoms with van der Waals surface area (Å²) in [4.78, 5) is 91.2. The van der Waals surface area contributed by atoms with Gasteiger partial charge in [0, 0.05) is 117 Å². The van der Waals surface area contributed by atoms with Gasteiger partial charge in [-0.2, -0.15) is 0 Å². The number of fused-ring (bicyclic) bond motifs is 4. The van der Waals surface area contributed by atoms with Crippen LogP contribution in [0.1, 0.15) is 87.3 Å². The molecule has 0 spiro atoms. The molecule has 18 heteroatoms. The van der Waals surface area contributed by atoms with E-state index in [1.165, 1.54) is 26.8 Å². The molecule has 5 aliphatic rings. The van der Waals surface area contributed by atoms with Crippen LogP contribution in [0.4, 0.5) is 40.1 Å².